The molecule has 1 aromatic carbocycles. The summed E-state index contributed by atoms with van der Waals surface area (Å²) in [7, 11) is 3.60. The summed E-state index contributed by atoms with van der Waals surface area (Å²) in [4.78, 5) is 0. The first kappa shape index (κ1) is 12.8. The molecule has 0 fully saturated rings. The minimum absolute atomic E-state index is 0.718. The summed E-state index contributed by atoms with van der Waals surface area (Å²) in [6.45, 7) is 1.46. The van der Waals surface area contributed by atoms with Crippen LogP contribution in [0.15, 0.2) is 34.9 Å². The number of hydrogen-bond donors (Lipinski definition) is 1. The third-order valence-electron chi connectivity index (χ3n) is 2.75. The van der Waals surface area contributed by atoms with Crippen LogP contribution < -0.4 is 5.32 Å². The van der Waals surface area contributed by atoms with E-state index in [9.17, 15) is 0 Å². The molecule has 0 atom stereocenters. The maximum Gasteiger partial charge on any atom is 0.167 e. The largest absolute Gasteiger partial charge is 0.384 e. The number of hydrogen-bond acceptors (Lipinski definition) is 4. The van der Waals surface area contributed by atoms with Crippen LogP contribution >= 0.6 is 0 Å². The molecule has 4 nitrogen and oxygen atoms in total. The van der Waals surface area contributed by atoms with Gasteiger partial charge in [0.05, 0.1) is 12.3 Å². The van der Waals surface area contributed by atoms with Crippen LogP contribution in [0.3, 0.4) is 0 Å². The molecule has 1 heterocycles. The summed E-state index contributed by atoms with van der Waals surface area (Å²) in [6, 6.07) is 10.2. The third-order valence-corrected chi connectivity index (χ3v) is 2.75. The Bertz CT molecular complexity index is 477. The van der Waals surface area contributed by atoms with E-state index in [1.807, 2.05) is 13.1 Å². The fourth-order valence-corrected chi connectivity index (χ4v) is 1.77. The van der Waals surface area contributed by atoms with Crippen molar-refractivity contribution in [1.82, 2.24) is 10.5 Å². The molecule has 2 rings (SSSR count). The lowest BCUT2D eigenvalue weighted by atomic mass is 10.1. The standard InChI is InChI=1S/C14H18N2O2/c1-15-10-13-9-14(18-16-13)12-5-3-11(4-6-12)7-8-17-2/h3-6,9,15H,7-8,10H2,1-2H3. The molecule has 0 aliphatic carbocycles. The van der Waals surface area contributed by atoms with Gasteiger partial charge in [0.1, 0.15) is 0 Å². The Kier molecular flexibility index (Phi) is 4.50. The predicted molar refractivity (Wildman–Crippen MR) is 70.3 cm³/mol. The second kappa shape index (κ2) is 6.33. The summed E-state index contributed by atoms with van der Waals surface area (Å²) in [6.07, 6.45) is 0.929. The highest BCUT2D eigenvalue weighted by Crippen LogP contribution is 2.20. The lowest BCUT2D eigenvalue weighted by Gasteiger charge is -2.01. The Morgan fingerprint density at radius 1 is 1.28 bits per heavy atom. The molecule has 0 aliphatic heterocycles. The summed E-state index contributed by atoms with van der Waals surface area (Å²) in [5, 5.41) is 7.04. The Labute approximate surface area is 107 Å². The lowest BCUT2D eigenvalue weighted by Crippen LogP contribution is -2.04. The molecule has 0 bridgehead atoms. The van der Waals surface area contributed by atoms with Crippen LogP contribution in [0, 0.1) is 0 Å². The maximum atomic E-state index is 5.31. The van der Waals surface area contributed by atoms with E-state index < -0.39 is 0 Å². The monoisotopic (exact) mass is 246 g/mol. The molecule has 0 saturated carbocycles. The van der Waals surface area contributed by atoms with Gasteiger partial charge in [-0.2, -0.15) is 0 Å². The number of nitrogens with zero attached hydrogens (tertiary/aromatic N) is 1. The van der Waals surface area contributed by atoms with Crippen molar-refractivity contribution in [3.8, 4) is 11.3 Å². The van der Waals surface area contributed by atoms with E-state index in [4.69, 9.17) is 9.26 Å². The second-order valence-electron chi connectivity index (χ2n) is 4.15. The Morgan fingerprint density at radius 3 is 2.72 bits per heavy atom. The molecule has 4 heteroatoms. The molecule has 0 unspecified atom stereocenters. The van der Waals surface area contributed by atoms with E-state index in [1.54, 1.807) is 7.11 Å². The van der Waals surface area contributed by atoms with Gasteiger partial charge in [0, 0.05) is 25.3 Å². The van der Waals surface area contributed by atoms with Gasteiger partial charge in [-0.25, -0.2) is 0 Å². The van der Waals surface area contributed by atoms with Gasteiger partial charge in [0.25, 0.3) is 0 Å². The number of rotatable bonds is 6. The van der Waals surface area contributed by atoms with Crippen LogP contribution in [-0.2, 0) is 17.7 Å². The minimum Gasteiger partial charge on any atom is -0.384 e. The highest BCUT2D eigenvalue weighted by molar-refractivity contribution is 5.57. The highest BCUT2D eigenvalue weighted by Gasteiger charge is 2.05. The van der Waals surface area contributed by atoms with E-state index in [1.165, 1.54) is 5.56 Å². The summed E-state index contributed by atoms with van der Waals surface area (Å²) in [5.74, 6) is 0.804. The van der Waals surface area contributed by atoms with Crippen molar-refractivity contribution in [1.29, 1.82) is 0 Å². The molecule has 18 heavy (non-hydrogen) atoms. The molecule has 2 aromatic rings. The zero-order valence-electron chi connectivity index (χ0n) is 10.8. The van der Waals surface area contributed by atoms with Crippen LogP contribution in [0.1, 0.15) is 11.3 Å². The molecular formula is C14H18N2O2. The second-order valence-corrected chi connectivity index (χ2v) is 4.15. The van der Waals surface area contributed by atoms with Gasteiger partial charge in [-0.15, -0.1) is 0 Å². The van der Waals surface area contributed by atoms with Crippen LogP contribution in [0.5, 0.6) is 0 Å². The van der Waals surface area contributed by atoms with Crippen LogP contribution in [0.2, 0.25) is 0 Å². The maximum absolute atomic E-state index is 5.31. The SMILES string of the molecule is CNCc1cc(-c2ccc(CCOC)cc2)on1. The van der Waals surface area contributed by atoms with E-state index in [-0.39, 0.29) is 0 Å². The molecule has 0 spiro atoms. The quantitative estimate of drug-likeness (QED) is 0.849. The fraction of sp³-hybridized carbons (Fsp3) is 0.357. The van der Waals surface area contributed by atoms with Gasteiger partial charge in [0.15, 0.2) is 5.76 Å². The van der Waals surface area contributed by atoms with Gasteiger partial charge in [0.2, 0.25) is 0 Å². The topological polar surface area (TPSA) is 47.3 Å². The molecule has 0 saturated heterocycles. The van der Waals surface area contributed by atoms with E-state index in [2.05, 4.69) is 34.7 Å². The number of aromatic nitrogens is 1. The van der Waals surface area contributed by atoms with Gasteiger partial charge in [-0.1, -0.05) is 29.4 Å². The van der Waals surface area contributed by atoms with Crippen molar-refractivity contribution in [3.63, 3.8) is 0 Å². The molecule has 1 aromatic heterocycles. The molecule has 0 amide bonds. The van der Waals surface area contributed by atoms with Crippen molar-refractivity contribution >= 4 is 0 Å². The first-order chi connectivity index (χ1) is 8.83. The van der Waals surface area contributed by atoms with Gasteiger partial charge in [-0.05, 0) is 19.0 Å². The Hall–Kier alpha value is -1.65. The average Bonchev–Trinajstić information content (AvgIpc) is 2.86. The number of methoxy groups -OCH3 is 1. The van der Waals surface area contributed by atoms with Crippen molar-refractivity contribution in [3.05, 3.63) is 41.6 Å². The number of benzene rings is 1. The zero-order chi connectivity index (χ0) is 12.8. The van der Waals surface area contributed by atoms with Gasteiger partial charge in [-0.3, -0.25) is 0 Å². The molecule has 1 N–H and O–H groups in total. The molecule has 96 valence electrons. The van der Waals surface area contributed by atoms with Gasteiger partial charge < -0.3 is 14.6 Å². The summed E-state index contributed by atoms with van der Waals surface area (Å²) < 4.78 is 10.4. The Balaban J connectivity index is 2.07. The highest BCUT2D eigenvalue weighted by atomic mass is 16.5. The fourth-order valence-electron chi connectivity index (χ4n) is 1.77. The zero-order valence-corrected chi connectivity index (χ0v) is 10.8. The summed E-state index contributed by atoms with van der Waals surface area (Å²) >= 11 is 0. The van der Waals surface area contributed by atoms with Crippen molar-refractivity contribution < 1.29 is 9.26 Å². The number of ether oxygens (including phenoxy) is 1. The van der Waals surface area contributed by atoms with Crippen molar-refractivity contribution in [2.24, 2.45) is 0 Å². The Morgan fingerprint density at radius 2 is 2.06 bits per heavy atom. The first-order valence-electron chi connectivity index (χ1n) is 6.02. The first-order valence-corrected chi connectivity index (χ1v) is 6.02. The van der Waals surface area contributed by atoms with Crippen molar-refractivity contribution in [2.45, 2.75) is 13.0 Å². The molecular weight excluding hydrogens is 228 g/mol. The third kappa shape index (κ3) is 3.18. The van der Waals surface area contributed by atoms with Crippen LogP contribution in [-0.4, -0.2) is 25.9 Å². The van der Waals surface area contributed by atoms with Crippen LogP contribution in [0.25, 0.3) is 11.3 Å². The molecule has 0 radical (unpaired) electrons. The van der Waals surface area contributed by atoms with E-state index in [0.717, 1.165) is 36.6 Å². The normalized spacial score (nSPS) is 10.8. The minimum atomic E-state index is 0.718. The smallest absolute Gasteiger partial charge is 0.167 e. The lowest BCUT2D eigenvalue weighted by molar-refractivity contribution is 0.202. The average molecular weight is 246 g/mol. The van der Waals surface area contributed by atoms with Gasteiger partial charge >= 0.3 is 0 Å². The van der Waals surface area contributed by atoms with Crippen molar-refractivity contribution in [2.75, 3.05) is 20.8 Å². The molecule has 0 aliphatic rings. The summed E-state index contributed by atoms with van der Waals surface area (Å²) in [5.41, 5.74) is 3.22. The number of nitrogens with one attached hydrogen (secondary N) is 1. The van der Waals surface area contributed by atoms with E-state index in [0.29, 0.717) is 0 Å². The predicted octanol–water partition coefficient (Wildman–Crippen LogP) is 2.25. The van der Waals surface area contributed by atoms with Crippen LogP contribution in [0.4, 0.5) is 0 Å². The van der Waals surface area contributed by atoms with E-state index >= 15 is 0 Å².